The highest BCUT2D eigenvalue weighted by molar-refractivity contribution is 6.03. The van der Waals surface area contributed by atoms with Crippen LogP contribution in [0.1, 0.15) is 42.0 Å². The molecule has 48 heavy (non-hydrogen) atoms. The highest BCUT2D eigenvalue weighted by Gasteiger charge is 2.34. The number of rotatable bonds is 11. The van der Waals surface area contributed by atoms with Gasteiger partial charge in [0, 0.05) is 24.9 Å². The first-order valence-electron chi connectivity index (χ1n) is 15.7. The molecule has 2 amide bonds. The summed E-state index contributed by atoms with van der Waals surface area (Å²) >= 11 is 0. The molecule has 1 saturated heterocycles. The molecule has 11 heteroatoms. The number of amides is 2. The van der Waals surface area contributed by atoms with Crippen LogP contribution >= 0.6 is 0 Å². The molecule has 1 aliphatic heterocycles. The predicted octanol–water partition coefficient (Wildman–Crippen LogP) is 7.50. The third kappa shape index (κ3) is 9.30. The Kier molecular flexibility index (Phi) is 11.3. The Labute approximate surface area is 276 Å². The number of anilines is 3. The molecule has 0 saturated carbocycles. The first kappa shape index (κ1) is 34.3. The fourth-order valence-electron chi connectivity index (χ4n) is 5.55. The van der Waals surface area contributed by atoms with Crippen molar-refractivity contribution in [2.24, 2.45) is 0 Å². The number of carbonyl (C=O) groups is 2. The highest BCUT2D eigenvalue weighted by atomic mass is 19.4. The maximum Gasteiger partial charge on any atom is 0.419 e. The number of carbonyl (C=O) groups excluding carboxylic acids is 2. The van der Waals surface area contributed by atoms with Crippen LogP contribution in [-0.4, -0.2) is 42.9 Å². The number of hydrogen-bond acceptors (Lipinski definition) is 5. The van der Waals surface area contributed by atoms with Gasteiger partial charge in [-0.15, -0.1) is 0 Å². The summed E-state index contributed by atoms with van der Waals surface area (Å²) in [6, 6.07) is 22.8. The van der Waals surface area contributed by atoms with E-state index in [0.717, 1.165) is 55.7 Å². The van der Waals surface area contributed by atoms with Crippen LogP contribution in [-0.2, 0) is 15.8 Å². The largest absolute Gasteiger partial charge is 0.419 e. The van der Waals surface area contributed by atoms with Gasteiger partial charge in [0.05, 0.1) is 16.9 Å². The number of para-hydroxylation sites is 2. The number of likely N-dealkylation sites (tertiary alicyclic amines) is 1. The van der Waals surface area contributed by atoms with Crippen LogP contribution < -0.4 is 21.7 Å². The summed E-state index contributed by atoms with van der Waals surface area (Å²) in [6.45, 7) is 3.43. The van der Waals surface area contributed by atoms with E-state index < -0.39 is 23.6 Å². The summed E-state index contributed by atoms with van der Waals surface area (Å²) in [5.41, 5.74) is 8.31. The van der Waals surface area contributed by atoms with Crippen molar-refractivity contribution in [3.63, 3.8) is 0 Å². The molecule has 0 bridgehead atoms. The van der Waals surface area contributed by atoms with Crippen LogP contribution in [0.15, 0.2) is 97.1 Å². The molecular weight excluding hydrogens is 622 g/mol. The first-order chi connectivity index (χ1) is 23.1. The Bertz CT molecular complexity index is 1730. The molecule has 4 aromatic rings. The van der Waals surface area contributed by atoms with Crippen LogP contribution in [0.3, 0.4) is 0 Å². The minimum atomic E-state index is -4.78. The lowest BCUT2D eigenvalue weighted by Crippen LogP contribution is -2.40. The molecule has 0 aliphatic carbocycles. The van der Waals surface area contributed by atoms with Gasteiger partial charge in [-0.25, -0.2) is 4.39 Å². The van der Waals surface area contributed by atoms with Gasteiger partial charge in [0.2, 0.25) is 11.8 Å². The number of halogens is 4. The van der Waals surface area contributed by atoms with Crippen LogP contribution in [0.5, 0.6) is 0 Å². The van der Waals surface area contributed by atoms with Crippen LogP contribution in [0, 0.1) is 5.82 Å². The Morgan fingerprint density at radius 1 is 0.854 bits per heavy atom. The van der Waals surface area contributed by atoms with Crippen molar-refractivity contribution < 1.29 is 27.2 Å². The molecule has 4 aromatic carbocycles. The summed E-state index contributed by atoms with van der Waals surface area (Å²) in [5.74, 6) is -1.98. The zero-order valence-electron chi connectivity index (χ0n) is 26.2. The Balaban J connectivity index is 1.26. The fraction of sp³-hybridized carbons (Fsp3) is 0.243. The molecule has 1 unspecified atom stereocenters. The fourth-order valence-corrected chi connectivity index (χ4v) is 5.55. The van der Waals surface area contributed by atoms with E-state index in [2.05, 4.69) is 20.9 Å². The van der Waals surface area contributed by atoms with Crippen molar-refractivity contribution in [1.82, 2.24) is 10.2 Å². The molecule has 1 fully saturated rings. The molecule has 1 atom stereocenters. The minimum absolute atomic E-state index is 0.284. The quantitative estimate of drug-likeness (QED) is 0.0760. The van der Waals surface area contributed by atoms with E-state index in [0.29, 0.717) is 29.2 Å². The van der Waals surface area contributed by atoms with E-state index in [9.17, 15) is 27.2 Å². The maximum absolute atomic E-state index is 14.1. The second-order valence-corrected chi connectivity index (χ2v) is 11.6. The number of nitrogens with zero attached hydrogens (tertiary/aromatic N) is 1. The van der Waals surface area contributed by atoms with Gasteiger partial charge in [-0.2, -0.15) is 13.2 Å². The lowest BCUT2D eigenvalue weighted by atomic mass is 10.0. The number of piperidine rings is 1. The summed E-state index contributed by atoms with van der Waals surface area (Å²) in [7, 11) is 0. The number of alkyl halides is 3. The predicted molar refractivity (Wildman–Crippen MR) is 181 cm³/mol. The SMILES string of the molecule is Nc1ccccc1NC(=O)/C=C/c1ccc(C(NCCN2CCCCC2)C(=O)Nc2ccc(-c3ccc(C(F)(F)F)c(F)c3)cc2)cc1. The monoisotopic (exact) mass is 659 g/mol. The van der Waals surface area contributed by atoms with Crippen molar-refractivity contribution in [2.75, 3.05) is 42.5 Å². The van der Waals surface area contributed by atoms with Gasteiger partial charge < -0.3 is 26.6 Å². The third-order valence-electron chi connectivity index (χ3n) is 8.16. The van der Waals surface area contributed by atoms with Crippen LogP contribution in [0.4, 0.5) is 34.6 Å². The molecule has 0 radical (unpaired) electrons. The number of nitrogen functional groups attached to an aromatic ring is 1. The van der Waals surface area contributed by atoms with Gasteiger partial charge >= 0.3 is 6.18 Å². The molecule has 1 heterocycles. The van der Waals surface area contributed by atoms with E-state index in [1.54, 1.807) is 54.6 Å². The van der Waals surface area contributed by atoms with Crippen molar-refractivity contribution >= 4 is 35.0 Å². The standard InChI is InChI=1S/C37H37F4N5O2/c38-31-24-28(15-18-30(31)37(39,40)41)26-13-16-29(17-14-26)44-36(48)35(43-20-23-46-21-4-1-5-22-46)27-11-8-25(9-12-27)10-19-34(47)45-33-7-3-2-6-32(33)42/h2-3,6-19,24,35,43H,1,4-5,20-23,42H2,(H,44,48)(H,45,47)/b19-10+. The zero-order valence-corrected chi connectivity index (χ0v) is 26.2. The van der Waals surface area contributed by atoms with E-state index in [4.69, 9.17) is 5.73 Å². The van der Waals surface area contributed by atoms with Crippen molar-refractivity contribution in [2.45, 2.75) is 31.5 Å². The summed E-state index contributed by atoms with van der Waals surface area (Å²) < 4.78 is 53.0. The van der Waals surface area contributed by atoms with Gasteiger partial charge in [0.15, 0.2) is 0 Å². The Morgan fingerprint density at radius 2 is 1.54 bits per heavy atom. The van der Waals surface area contributed by atoms with Gasteiger partial charge in [0.1, 0.15) is 11.9 Å². The lowest BCUT2D eigenvalue weighted by Gasteiger charge is -2.27. The number of benzene rings is 4. The Morgan fingerprint density at radius 3 is 2.21 bits per heavy atom. The second kappa shape index (κ2) is 15.7. The van der Waals surface area contributed by atoms with Crippen LogP contribution in [0.25, 0.3) is 17.2 Å². The second-order valence-electron chi connectivity index (χ2n) is 11.6. The number of nitrogens with one attached hydrogen (secondary N) is 3. The average molecular weight is 660 g/mol. The van der Waals surface area contributed by atoms with Crippen molar-refractivity contribution in [3.8, 4) is 11.1 Å². The third-order valence-corrected chi connectivity index (χ3v) is 8.16. The average Bonchev–Trinajstić information content (AvgIpc) is 3.07. The maximum atomic E-state index is 14.1. The summed E-state index contributed by atoms with van der Waals surface area (Å²) in [6.07, 6.45) is 1.84. The van der Waals surface area contributed by atoms with Crippen LogP contribution in [0.2, 0.25) is 0 Å². The normalized spacial score (nSPS) is 14.5. The van der Waals surface area contributed by atoms with E-state index in [1.807, 2.05) is 24.3 Å². The van der Waals surface area contributed by atoms with Gasteiger partial charge in [0.25, 0.3) is 0 Å². The first-order valence-corrected chi connectivity index (χ1v) is 15.7. The van der Waals surface area contributed by atoms with Crippen molar-refractivity contribution in [3.05, 3.63) is 120 Å². The molecule has 1 aliphatic rings. The number of nitrogens with two attached hydrogens (primary N) is 1. The summed E-state index contributed by atoms with van der Waals surface area (Å²) in [4.78, 5) is 28.4. The molecule has 250 valence electrons. The van der Waals surface area contributed by atoms with E-state index in [-0.39, 0.29) is 17.4 Å². The topological polar surface area (TPSA) is 99.5 Å². The molecule has 5 N–H and O–H groups in total. The lowest BCUT2D eigenvalue weighted by molar-refractivity contribution is -0.140. The zero-order chi connectivity index (χ0) is 34.1. The molecule has 5 rings (SSSR count). The molecule has 0 spiro atoms. The van der Waals surface area contributed by atoms with Crippen molar-refractivity contribution in [1.29, 1.82) is 0 Å². The van der Waals surface area contributed by atoms with E-state index in [1.165, 1.54) is 18.6 Å². The summed E-state index contributed by atoms with van der Waals surface area (Å²) in [5, 5.41) is 9.05. The number of hydrogen-bond donors (Lipinski definition) is 4. The molecule has 0 aromatic heterocycles. The highest BCUT2D eigenvalue weighted by Crippen LogP contribution is 2.34. The molecule has 7 nitrogen and oxygen atoms in total. The Hall–Kier alpha value is -5.00. The molecular formula is C37H37F4N5O2. The van der Waals surface area contributed by atoms with Gasteiger partial charge in [-0.1, -0.05) is 61.0 Å². The van der Waals surface area contributed by atoms with E-state index >= 15 is 0 Å². The smallest absolute Gasteiger partial charge is 0.397 e. The van der Waals surface area contributed by atoms with Gasteiger partial charge in [-0.05, 0) is 90.7 Å². The minimum Gasteiger partial charge on any atom is -0.397 e. The van der Waals surface area contributed by atoms with Gasteiger partial charge in [-0.3, -0.25) is 9.59 Å².